The number of amides is 1. The van der Waals surface area contributed by atoms with E-state index in [2.05, 4.69) is 15.0 Å². The number of anilines is 1. The average Bonchev–Trinajstić information content (AvgIpc) is 3.13. The Balaban J connectivity index is 1.81. The van der Waals surface area contributed by atoms with Gasteiger partial charge in [0.2, 0.25) is 0 Å². The van der Waals surface area contributed by atoms with E-state index < -0.39 is 11.9 Å². The Labute approximate surface area is 159 Å². The van der Waals surface area contributed by atoms with Crippen LogP contribution in [0.5, 0.6) is 0 Å². The lowest BCUT2D eigenvalue weighted by atomic mass is 10.2. The number of hydrogen-bond acceptors (Lipinski definition) is 5. The smallest absolute Gasteiger partial charge is 0.337 e. The minimum absolute atomic E-state index is 0.283. The molecule has 0 aliphatic heterocycles. The maximum absolute atomic E-state index is 12.5. The van der Waals surface area contributed by atoms with Gasteiger partial charge in [-0.15, -0.1) is 11.3 Å². The molecule has 0 unspecified atom stereocenters. The third-order valence-electron chi connectivity index (χ3n) is 3.67. The molecule has 3 aromatic rings. The number of carbonyl (C=O) groups is 2. The molecule has 0 saturated carbocycles. The second kappa shape index (κ2) is 7.68. The number of nitrogens with zero attached hydrogens (tertiary/aromatic N) is 1. The predicted molar refractivity (Wildman–Crippen MR) is 103 cm³/mol. The van der Waals surface area contributed by atoms with E-state index in [1.54, 1.807) is 5.38 Å². The summed E-state index contributed by atoms with van der Waals surface area (Å²) in [6, 6.07) is 12.5. The number of benzene rings is 2. The highest BCUT2D eigenvalue weighted by atomic mass is 35.5. The maximum atomic E-state index is 12.5. The van der Waals surface area contributed by atoms with Gasteiger partial charge < -0.3 is 10.1 Å². The van der Waals surface area contributed by atoms with Gasteiger partial charge in [0, 0.05) is 10.9 Å². The van der Waals surface area contributed by atoms with Crippen molar-refractivity contribution in [1.29, 1.82) is 0 Å². The zero-order valence-electron chi connectivity index (χ0n) is 14.1. The largest absolute Gasteiger partial charge is 0.465 e. The van der Waals surface area contributed by atoms with Gasteiger partial charge in [-0.3, -0.25) is 4.79 Å². The van der Waals surface area contributed by atoms with Crippen LogP contribution in [0.4, 0.5) is 5.69 Å². The zero-order chi connectivity index (χ0) is 18.7. The molecular formula is C19H15ClN2O3S. The van der Waals surface area contributed by atoms with E-state index in [1.807, 2.05) is 31.2 Å². The highest BCUT2D eigenvalue weighted by Gasteiger charge is 2.15. The molecule has 2 aromatic carbocycles. The van der Waals surface area contributed by atoms with Gasteiger partial charge >= 0.3 is 5.97 Å². The van der Waals surface area contributed by atoms with Crippen LogP contribution in [0, 0.1) is 6.92 Å². The van der Waals surface area contributed by atoms with Crippen LogP contribution in [0.1, 0.15) is 26.4 Å². The number of aryl methyl sites for hydroxylation is 1. The van der Waals surface area contributed by atoms with Crippen LogP contribution in [0.15, 0.2) is 47.8 Å². The SMILES string of the molecule is COC(=O)c1ccc(Cl)c(NC(=O)c2csc(-c3ccc(C)cc3)n2)c1. The summed E-state index contributed by atoms with van der Waals surface area (Å²) in [4.78, 5) is 28.5. The summed E-state index contributed by atoms with van der Waals surface area (Å²) in [6.07, 6.45) is 0. The lowest BCUT2D eigenvalue weighted by Crippen LogP contribution is -2.13. The minimum atomic E-state index is -0.507. The zero-order valence-corrected chi connectivity index (χ0v) is 15.6. The molecule has 1 amide bonds. The van der Waals surface area contributed by atoms with Gasteiger partial charge in [-0.05, 0) is 25.1 Å². The molecule has 132 valence electrons. The van der Waals surface area contributed by atoms with Crippen molar-refractivity contribution in [3.05, 3.63) is 69.7 Å². The summed E-state index contributed by atoms with van der Waals surface area (Å²) in [5, 5.41) is 5.44. The van der Waals surface area contributed by atoms with Gasteiger partial charge in [0.15, 0.2) is 0 Å². The first-order chi connectivity index (χ1) is 12.5. The lowest BCUT2D eigenvalue weighted by molar-refractivity contribution is 0.0600. The molecule has 0 saturated heterocycles. The van der Waals surface area contributed by atoms with Gasteiger partial charge in [-0.1, -0.05) is 41.4 Å². The Hall–Kier alpha value is -2.70. The highest BCUT2D eigenvalue weighted by molar-refractivity contribution is 7.13. The third-order valence-corrected chi connectivity index (χ3v) is 4.89. The Morgan fingerprint density at radius 3 is 2.58 bits per heavy atom. The van der Waals surface area contributed by atoms with E-state index in [9.17, 15) is 9.59 Å². The van der Waals surface area contributed by atoms with Gasteiger partial charge in [0.1, 0.15) is 10.7 Å². The normalized spacial score (nSPS) is 10.4. The van der Waals surface area contributed by atoms with E-state index in [4.69, 9.17) is 11.6 Å². The molecule has 0 aliphatic carbocycles. The Bertz CT molecular complexity index is 967. The van der Waals surface area contributed by atoms with Crippen molar-refractivity contribution in [2.75, 3.05) is 12.4 Å². The molecule has 7 heteroatoms. The first-order valence-corrected chi connectivity index (χ1v) is 8.95. The topological polar surface area (TPSA) is 68.3 Å². The monoisotopic (exact) mass is 386 g/mol. The molecule has 0 spiro atoms. The number of nitrogens with one attached hydrogen (secondary N) is 1. The molecule has 0 fully saturated rings. The number of methoxy groups -OCH3 is 1. The summed E-state index contributed by atoms with van der Waals surface area (Å²) >= 11 is 7.49. The second-order valence-electron chi connectivity index (χ2n) is 5.54. The number of hydrogen-bond donors (Lipinski definition) is 1. The fourth-order valence-corrected chi connectivity index (χ4v) is 3.23. The van der Waals surface area contributed by atoms with E-state index in [0.29, 0.717) is 16.3 Å². The van der Waals surface area contributed by atoms with Crippen molar-refractivity contribution in [2.45, 2.75) is 6.92 Å². The van der Waals surface area contributed by atoms with Gasteiger partial charge in [-0.25, -0.2) is 9.78 Å². The molecule has 0 radical (unpaired) electrons. The van der Waals surface area contributed by atoms with E-state index in [-0.39, 0.29) is 5.69 Å². The Morgan fingerprint density at radius 1 is 1.15 bits per heavy atom. The summed E-state index contributed by atoms with van der Waals surface area (Å²) in [6.45, 7) is 2.01. The van der Waals surface area contributed by atoms with Crippen LogP contribution >= 0.6 is 22.9 Å². The quantitative estimate of drug-likeness (QED) is 0.653. The fourth-order valence-electron chi connectivity index (χ4n) is 2.26. The van der Waals surface area contributed by atoms with E-state index in [0.717, 1.165) is 16.1 Å². The number of carbonyl (C=O) groups excluding carboxylic acids is 2. The third kappa shape index (κ3) is 3.92. The predicted octanol–water partition coefficient (Wildman–Crippen LogP) is 4.81. The van der Waals surface area contributed by atoms with E-state index in [1.165, 1.54) is 36.6 Å². The lowest BCUT2D eigenvalue weighted by Gasteiger charge is -2.07. The number of ether oxygens (including phenoxy) is 1. The first kappa shape index (κ1) is 18.1. The number of thiazole rings is 1. The van der Waals surface area contributed by atoms with Gasteiger partial charge in [0.05, 0.1) is 23.4 Å². The molecule has 5 nitrogen and oxygen atoms in total. The molecule has 1 heterocycles. The van der Waals surface area contributed by atoms with Crippen LogP contribution in [-0.4, -0.2) is 24.0 Å². The van der Waals surface area contributed by atoms with Gasteiger partial charge in [-0.2, -0.15) is 0 Å². The molecule has 1 aromatic heterocycles. The second-order valence-corrected chi connectivity index (χ2v) is 6.81. The number of halogens is 1. The van der Waals surface area contributed by atoms with E-state index >= 15 is 0 Å². The van der Waals surface area contributed by atoms with Crippen molar-refractivity contribution < 1.29 is 14.3 Å². The maximum Gasteiger partial charge on any atom is 0.337 e. The van der Waals surface area contributed by atoms with Crippen molar-refractivity contribution in [2.24, 2.45) is 0 Å². The summed E-state index contributed by atoms with van der Waals surface area (Å²) in [7, 11) is 1.29. The van der Waals surface area contributed by atoms with Gasteiger partial charge in [0.25, 0.3) is 5.91 Å². The highest BCUT2D eigenvalue weighted by Crippen LogP contribution is 2.26. The standard InChI is InChI=1S/C19H15ClN2O3S/c1-11-3-5-12(6-4-11)18-22-16(10-26-18)17(23)21-15-9-13(19(24)25-2)7-8-14(15)20/h3-10H,1-2H3,(H,21,23). The summed E-state index contributed by atoms with van der Waals surface area (Å²) in [5.74, 6) is -0.906. The average molecular weight is 387 g/mol. The molecular weight excluding hydrogens is 372 g/mol. The minimum Gasteiger partial charge on any atom is -0.465 e. The molecule has 0 aliphatic rings. The van der Waals surface area contributed by atoms with Crippen LogP contribution in [0.3, 0.4) is 0 Å². The Morgan fingerprint density at radius 2 is 1.88 bits per heavy atom. The summed E-state index contributed by atoms with van der Waals surface area (Å²) < 4.78 is 4.68. The number of rotatable bonds is 4. The number of aromatic nitrogens is 1. The molecule has 26 heavy (non-hydrogen) atoms. The van der Waals surface area contributed by atoms with Crippen molar-refractivity contribution in [1.82, 2.24) is 4.98 Å². The van der Waals surface area contributed by atoms with Crippen molar-refractivity contribution in [3.63, 3.8) is 0 Å². The fraction of sp³-hybridized carbons (Fsp3) is 0.105. The molecule has 3 rings (SSSR count). The van der Waals surface area contributed by atoms with Crippen LogP contribution < -0.4 is 5.32 Å². The molecule has 1 N–H and O–H groups in total. The summed E-state index contributed by atoms with van der Waals surface area (Å²) in [5.41, 5.74) is 3.01. The van der Waals surface area contributed by atoms with Crippen LogP contribution in [-0.2, 0) is 4.74 Å². The van der Waals surface area contributed by atoms with Crippen molar-refractivity contribution in [3.8, 4) is 10.6 Å². The number of esters is 1. The van der Waals surface area contributed by atoms with Crippen LogP contribution in [0.25, 0.3) is 10.6 Å². The molecule has 0 atom stereocenters. The first-order valence-electron chi connectivity index (χ1n) is 7.69. The Kier molecular flexibility index (Phi) is 5.35. The molecule has 0 bridgehead atoms. The van der Waals surface area contributed by atoms with Crippen LogP contribution in [0.2, 0.25) is 5.02 Å². The van der Waals surface area contributed by atoms with Crippen molar-refractivity contribution >= 4 is 40.5 Å².